The van der Waals surface area contributed by atoms with Crippen LogP contribution in [0.1, 0.15) is 10.4 Å². The highest BCUT2D eigenvalue weighted by atomic mass is 19.1. The number of hydrogen-bond acceptors (Lipinski definition) is 4. The number of carbonyl (C=O) groups is 1. The molecule has 4 rings (SSSR count). The second-order valence-corrected chi connectivity index (χ2v) is 5.65. The molecular weight excluding hydrogens is 341 g/mol. The van der Waals surface area contributed by atoms with E-state index in [2.05, 4.69) is 4.98 Å². The van der Waals surface area contributed by atoms with E-state index in [0.29, 0.717) is 11.1 Å². The van der Waals surface area contributed by atoms with Crippen molar-refractivity contribution in [1.29, 1.82) is 0 Å². The van der Waals surface area contributed by atoms with Crippen molar-refractivity contribution in [3.63, 3.8) is 0 Å². The molecule has 0 radical (unpaired) electrons. The van der Waals surface area contributed by atoms with Gasteiger partial charge in [-0.05, 0) is 29.8 Å². The number of rotatable bonds is 2. The monoisotopic (exact) mass is 351 g/mol. The maximum atomic E-state index is 13.2. The fourth-order valence-electron chi connectivity index (χ4n) is 2.91. The fourth-order valence-corrected chi connectivity index (χ4v) is 2.91. The van der Waals surface area contributed by atoms with E-state index in [1.165, 1.54) is 12.1 Å². The normalized spacial score (nSPS) is 11.1. The Labute approximate surface area is 143 Å². The van der Waals surface area contributed by atoms with E-state index in [4.69, 9.17) is 4.42 Å². The first-order valence-electron chi connectivity index (χ1n) is 7.58. The van der Waals surface area contributed by atoms with E-state index in [-0.39, 0.29) is 21.9 Å². The minimum absolute atomic E-state index is 0.0971. The SMILES string of the molecule is O=C(O)c1c(-c2ccc(F)cc2)c(=O)c(=O)c2oc3ccccc3[nH]c1=2. The number of H-pyrrole nitrogens is 1. The molecule has 128 valence electrons. The largest absolute Gasteiger partial charge is 0.478 e. The van der Waals surface area contributed by atoms with Crippen LogP contribution in [-0.4, -0.2) is 16.1 Å². The number of para-hydroxylation sites is 2. The lowest BCUT2D eigenvalue weighted by molar-refractivity contribution is 0.0695. The molecule has 0 amide bonds. The summed E-state index contributed by atoms with van der Waals surface area (Å²) in [6.45, 7) is 0. The standard InChI is InChI=1S/C19H10FNO5/c20-10-7-5-9(6-8-10)13-14(19(24)25)15-18(17(23)16(13)22)26-12-4-2-1-3-11(12)21-15/h1-8,21H,(H,24,25). The first-order chi connectivity index (χ1) is 12.5. The summed E-state index contributed by atoms with van der Waals surface area (Å²) in [5.74, 6) is -1.96. The van der Waals surface area contributed by atoms with Gasteiger partial charge in [-0.25, -0.2) is 9.18 Å². The summed E-state index contributed by atoms with van der Waals surface area (Å²) in [4.78, 5) is 39.9. The predicted molar refractivity (Wildman–Crippen MR) is 90.8 cm³/mol. The van der Waals surface area contributed by atoms with Gasteiger partial charge in [0.2, 0.25) is 10.8 Å². The minimum Gasteiger partial charge on any atom is -0.478 e. The highest BCUT2D eigenvalue weighted by Gasteiger charge is 2.23. The number of halogens is 1. The van der Waals surface area contributed by atoms with Crippen LogP contribution in [0.2, 0.25) is 0 Å². The van der Waals surface area contributed by atoms with E-state index < -0.39 is 28.2 Å². The molecular formula is C19H10FNO5. The highest BCUT2D eigenvalue weighted by molar-refractivity contribution is 5.96. The summed E-state index contributed by atoms with van der Waals surface area (Å²) >= 11 is 0. The van der Waals surface area contributed by atoms with Gasteiger partial charge in [0, 0.05) is 0 Å². The van der Waals surface area contributed by atoms with Crippen molar-refractivity contribution in [2.45, 2.75) is 0 Å². The number of aromatic nitrogens is 1. The molecule has 0 spiro atoms. The Morgan fingerprint density at radius 3 is 2.38 bits per heavy atom. The lowest BCUT2D eigenvalue weighted by Gasteiger charge is -2.08. The predicted octanol–water partition coefficient (Wildman–Crippen LogP) is 2.71. The van der Waals surface area contributed by atoms with Crippen molar-refractivity contribution in [3.05, 3.63) is 91.1 Å². The number of fused-ring (bicyclic) bond motifs is 1. The summed E-state index contributed by atoms with van der Waals surface area (Å²) in [5, 5.41) is 9.59. The molecule has 2 aromatic carbocycles. The van der Waals surface area contributed by atoms with Crippen molar-refractivity contribution >= 4 is 17.1 Å². The van der Waals surface area contributed by atoms with Crippen molar-refractivity contribution in [3.8, 4) is 11.1 Å². The Morgan fingerprint density at radius 2 is 1.69 bits per heavy atom. The Balaban J connectivity index is 2.28. The molecule has 2 aliphatic rings. The minimum atomic E-state index is -1.41. The summed E-state index contributed by atoms with van der Waals surface area (Å²) < 4.78 is 18.7. The number of nitrogens with one attached hydrogen (secondary N) is 1. The second kappa shape index (κ2) is 5.66. The first kappa shape index (κ1) is 15.8. The molecule has 7 heteroatoms. The van der Waals surface area contributed by atoms with Gasteiger partial charge >= 0.3 is 5.97 Å². The summed E-state index contributed by atoms with van der Waals surface area (Å²) in [6.07, 6.45) is 0. The van der Waals surface area contributed by atoms with Gasteiger partial charge in [0.15, 0.2) is 5.58 Å². The molecule has 2 aromatic rings. The van der Waals surface area contributed by atoms with E-state index >= 15 is 0 Å². The van der Waals surface area contributed by atoms with E-state index in [0.717, 1.165) is 12.1 Å². The molecule has 26 heavy (non-hydrogen) atoms. The van der Waals surface area contributed by atoms with Gasteiger partial charge in [0.25, 0.3) is 5.43 Å². The van der Waals surface area contributed by atoms with E-state index in [9.17, 15) is 23.9 Å². The molecule has 1 aliphatic heterocycles. The van der Waals surface area contributed by atoms with Crippen molar-refractivity contribution < 1.29 is 18.7 Å². The van der Waals surface area contributed by atoms with Gasteiger partial charge in [-0.15, -0.1) is 0 Å². The van der Waals surface area contributed by atoms with Gasteiger partial charge in [-0.3, -0.25) is 9.59 Å². The number of carboxylic acid groups (broad SMARTS) is 1. The third-order valence-electron chi connectivity index (χ3n) is 4.07. The number of benzene rings is 2. The molecule has 1 aliphatic carbocycles. The van der Waals surface area contributed by atoms with Gasteiger partial charge in [-0.2, -0.15) is 0 Å². The third-order valence-corrected chi connectivity index (χ3v) is 4.07. The Kier molecular flexibility index (Phi) is 3.43. The van der Waals surface area contributed by atoms with Crippen LogP contribution in [-0.2, 0) is 0 Å². The zero-order valence-electron chi connectivity index (χ0n) is 13.1. The number of aromatic carboxylic acids is 1. The topological polar surface area (TPSA) is 100 Å². The maximum Gasteiger partial charge on any atom is 0.338 e. The van der Waals surface area contributed by atoms with Crippen LogP contribution in [0.25, 0.3) is 22.2 Å². The summed E-state index contributed by atoms with van der Waals surface area (Å²) in [6, 6.07) is 11.3. The average molecular weight is 351 g/mol. The first-order valence-corrected chi connectivity index (χ1v) is 7.58. The fraction of sp³-hybridized carbons (Fsp3) is 0. The average Bonchev–Trinajstić information content (AvgIpc) is 2.64. The lowest BCUT2D eigenvalue weighted by Crippen LogP contribution is -2.30. The smallest absolute Gasteiger partial charge is 0.338 e. The summed E-state index contributed by atoms with van der Waals surface area (Å²) in [5.41, 5.74) is -2.15. The van der Waals surface area contributed by atoms with Crippen LogP contribution in [0.3, 0.4) is 0 Å². The van der Waals surface area contributed by atoms with Crippen LogP contribution in [0.4, 0.5) is 4.39 Å². The number of aromatic amines is 1. The molecule has 6 nitrogen and oxygen atoms in total. The van der Waals surface area contributed by atoms with Gasteiger partial charge in [-0.1, -0.05) is 24.3 Å². The second-order valence-electron chi connectivity index (χ2n) is 5.65. The quantitative estimate of drug-likeness (QED) is 0.541. The Bertz CT molecular complexity index is 1350. The van der Waals surface area contributed by atoms with Crippen LogP contribution in [0.5, 0.6) is 0 Å². The van der Waals surface area contributed by atoms with Crippen molar-refractivity contribution in [2.75, 3.05) is 0 Å². The molecule has 0 saturated heterocycles. The molecule has 0 bridgehead atoms. The van der Waals surface area contributed by atoms with E-state index in [1.807, 2.05) is 0 Å². The van der Waals surface area contributed by atoms with Crippen LogP contribution >= 0.6 is 0 Å². The molecule has 0 aromatic heterocycles. The van der Waals surface area contributed by atoms with Crippen LogP contribution in [0, 0.1) is 16.6 Å². The Morgan fingerprint density at radius 1 is 1.00 bits per heavy atom. The number of hydrogen-bond donors (Lipinski definition) is 2. The van der Waals surface area contributed by atoms with Crippen molar-refractivity contribution in [1.82, 2.24) is 4.98 Å². The van der Waals surface area contributed by atoms with Gasteiger partial charge < -0.3 is 14.5 Å². The zero-order chi connectivity index (χ0) is 18.4. The molecule has 0 unspecified atom stereocenters. The van der Waals surface area contributed by atoms with Gasteiger partial charge in [0.1, 0.15) is 11.2 Å². The lowest BCUT2D eigenvalue weighted by atomic mass is 9.98. The Hall–Kier alpha value is -3.74. The molecule has 0 saturated carbocycles. The molecule has 0 atom stereocenters. The van der Waals surface area contributed by atoms with Gasteiger partial charge in [0.05, 0.1) is 16.6 Å². The maximum absolute atomic E-state index is 13.2. The highest BCUT2D eigenvalue weighted by Crippen LogP contribution is 2.22. The number of carboxylic acids is 1. The van der Waals surface area contributed by atoms with Crippen LogP contribution in [0.15, 0.2) is 62.5 Å². The molecule has 1 heterocycles. The summed E-state index contributed by atoms with van der Waals surface area (Å²) in [7, 11) is 0. The third kappa shape index (κ3) is 2.29. The molecule has 2 N–H and O–H groups in total. The van der Waals surface area contributed by atoms with E-state index in [1.54, 1.807) is 24.3 Å². The molecule has 0 fully saturated rings. The van der Waals surface area contributed by atoms with Crippen LogP contribution < -0.4 is 10.9 Å². The zero-order valence-corrected chi connectivity index (χ0v) is 13.1. The van der Waals surface area contributed by atoms with Crippen molar-refractivity contribution in [2.24, 2.45) is 0 Å².